The molecule has 196 valence electrons. The second kappa shape index (κ2) is 11.9. The molecule has 0 saturated heterocycles. The van der Waals surface area contributed by atoms with Crippen molar-refractivity contribution in [2.75, 3.05) is 28.4 Å². The van der Waals surface area contributed by atoms with Gasteiger partial charge in [0.05, 0.1) is 39.9 Å². The fraction of sp³-hybridized carbons (Fsp3) is 0.567. The van der Waals surface area contributed by atoms with Gasteiger partial charge in [-0.05, 0) is 86.4 Å². The second-order valence-corrected chi connectivity index (χ2v) is 10.3. The molecule has 2 aromatic rings. The monoisotopic (exact) mass is 494 g/mol. The molecule has 1 aliphatic rings. The average Bonchev–Trinajstić information content (AvgIpc) is 2.89. The first kappa shape index (κ1) is 27.7. The maximum absolute atomic E-state index is 10.4. The van der Waals surface area contributed by atoms with Crippen LogP contribution in [0.25, 0.3) is 0 Å². The Bertz CT molecular complexity index is 1080. The van der Waals surface area contributed by atoms with Gasteiger partial charge in [-0.2, -0.15) is 5.26 Å². The third kappa shape index (κ3) is 5.42. The number of nitriles is 1. The van der Waals surface area contributed by atoms with Crippen LogP contribution < -0.4 is 18.9 Å². The van der Waals surface area contributed by atoms with E-state index in [0.717, 1.165) is 49.3 Å². The summed E-state index contributed by atoms with van der Waals surface area (Å²) in [5, 5.41) is 10.4. The molecule has 6 heteroatoms. The van der Waals surface area contributed by atoms with Crippen LogP contribution in [0.4, 0.5) is 0 Å². The number of rotatable bonds is 11. The summed E-state index contributed by atoms with van der Waals surface area (Å²) in [6, 6.07) is 13.7. The Labute approximate surface area is 217 Å². The first-order valence-corrected chi connectivity index (χ1v) is 12.9. The molecule has 3 rings (SSSR count). The highest BCUT2D eigenvalue weighted by Crippen LogP contribution is 2.42. The van der Waals surface area contributed by atoms with Crippen molar-refractivity contribution in [2.45, 2.75) is 77.4 Å². The van der Waals surface area contributed by atoms with E-state index in [-0.39, 0.29) is 5.92 Å². The maximum Gasteiger partial charge on any atom is 0.161 e. The van der Waals surface area contributed by atoms with Crippen molar-refractivity contribution in [1.82, 2.24) is 4.90 Å². The molecule has 0 spiro atoms. The van der Waals surface area contributed by atoms with Crippen LogP contribution in [-0.2, 0) is 18.4 Å². The van der Waals surface area contributed by atoms with Gasteiger partial charge in [-0.1, -0.05) is 19.9 Å². The van der Waals surface area contributed by atoms with E-state index >= 15 is 0 Å². The summed E-state index contributed by atoms with van der Waals surface area (Å²) in [5.74, 6) is 3.06. The lowest BCUT2D eigenvalue weighted by molar-refractivity contribution is 0.118. The van der Waals surface area contributed by atoms with E-state index in [9.17, 15) is 5.26 Å². The third-order valence-electron chi connectivity index (χ3n) is 7.84. The fourth-order valence-electron chi connectivity index (χ4n) is 5.62. The molecular weight excluding hydrogens is 452 g/mol. The highest BCUT2D eigenvalue weighted by atomic mass is 16.5. The Hall–Kier alpha value is -2.91. The summed E-state index contributed by atoms with van der Waals surface area (Å²) in [6.45, 7) is 9.68. The van der Waals surface area contributed by atoms with Gasteiger partial charge < -0.3 is 18.9 Å². The zero-order valence-electron chi connectivity index (χ0n) is 23.2. The van der Waals surface area contributed by atoms with Gasteiger partial charge in [-0.25, -0.2) is 0 Å². The van der Waals surface area contributed by atoms with Crippen LogP contribution in [-0.4, -0.2) is 45.4 Å². The highest BCUT2D eigenvalue weighted by Gasteiger charge is 2.37. The van der Waals surface area contributed by atoms with Crippen LogP contribution >= 0.6 is 0 Å². The lowest BCUT2D eigenvalue weighted by Crippen LogP contribution is -2.44. The third-order valence-corrected chi connectivity index (χ3v) is 7.84. The average molecular weight is 495 g/mol. The van der Waals surface area contributed by atoms with Crippen LogP contribution in [0.5, 0.6) is 23.0 Å². The van der Waals surface area contributed by atoms with Gasteiger partial charge in [0.1, 0.15) is 0 Å². The van der Waals surface area contributed by atoms with Gasteiger partial charge in [-0.3, -0.25) is 4.90 Å². The van der Waals surface area contributed by atoms with Crippen molar-refractivity contribution in [1.29, 1.82) is 5.26 Å². The summed E-state index contributed by atoms with van der Waals surface area (Å²) in [4.78, 5) is 2.58. The fourth-order valence-corrected chi connectivity index (χ4v) is 5.62. The van der Waals surface area contributed by atoms with Gasteiger partial charge >= 0.3 is 0 Å². The molecule has 0 bridgehead atoms. The zero-order chi connectivity index (χ0) is 26.5. The van der Waals surface area contributed by atoms with Crippen LogP contribution in [0.1, 0.15) is 63.6 Å². The molecule has 0 radical (unpaired) electrons. The first-order chi connectivity index (χ1) is 17.2. The number of fused-ring (bicyclic) bond motifs is 1. The molecular formula is C30H42N2O4. The normalized spacial score (nSPS) is 17.3. The van der Waals surface area contributed by atoms with Gasteiger partial charge in [0.15, 0.2) is 23.0 Å². The Balaban J connectivity index is 1.83. The smallest absolute Gasteiger partial charge is 0.161 e. The molecule has 1 heterocycles. The van der Waals surface area contributed by atoms with Crippen LogP contribution in [0.2, 0.25) is 0 Å². The number of hydrogen-bond acceptors (Lipinski definition) is 6. The number of methoxy groups -OCH3 is 4. The molecule has 36 heavy (non-hydrogen) atoms. The van der Waals surface area contributed by atoms with E-state index in [1.165, 1.54) is 11.1 Å². The lowest BCUT2D eigenvalue weighted by Gasteiger charge is -2.40. The number of benzene rings is 2. The molecule has 6 nitrogen and oxygen atoms in total. The molecule has 0 aliphatic carbocycles. The highest BCUT2D eigenvalue weighted by molar-refractivity contribution is 5.49. The molecule has 0 amide bonds. The summed E-state index contributed by atoms with van der Waals surface area (Å²) in [7, 11) is 6.64. The summed E-state index contributed by atoms with van der Waals surface area (Å²) >= 11 is 0. The van der Waals surface area contributed by atoms with Gasteiger partial charge in [0.25, 0.3) is 0 Å². The van der Waals surface area contributed by atoms with E-state index < -0.39 is 5.41 Å². The standard InChI is InChI=1S/C30H42N2O4/c1-20(2)30(19-31,24-11-12-26(33-5)29(17-24)36-8)13-9-10-25-14-22-15-27(34-6)28(35-7)16-23(22)18-32(25)21(3)4/h11-12,15-17,20-21,25H,9-10,13-14,18H2,1-8H3/t25-,30+/m1/s1. The van der Waals surface area contributed by atoms with E-state index in [0.29, 0.717) is 23.6 Å². The predicted octanol–water partition coefficient (Wildman–Crippen LogP) is 6.14. The van der Waals surface area contributed by atoms with E-state index in [1.54, 1.807) is 28.4 Å². The number of ether oxygens (including phenoxy) is 4. The molecule has 0 aromatic heterocycles. The molecule has 2 atom stereocenters. The summed E-state index contributed by atoms with van der Waals surface area (Å²) in [5.41, 5.74) is 3.02. The second-order valence-electron chi connectivity index (χ2n) is 10.3. The van der Waals surface area contributed by atoms with Crippen LogP contribution in [0.3, 0.4) is 0 Å². The quantitative estimate of drug-likeness (QED) is 0.374. The summed E-state index contributed by atoms with van der Waals surface area (Å²) < 4.78 is 22.1. The minimum Gasteiger partial charge on any atom is -0.493 e. The molecule has 0 unspecified atom stereocenters. The van der Waals surface area contributed by atoms with E-state index in [4.69, 9.17) is 18.9 Å². The van der Waals surface area contributed by atoms with Crippen molar-refractivity contribution in [3.05, 3.63) is 47.0 Å². The minimum absolute atomic E-state index is 0.158. The topological polar surface area (TPSA) is 64.0 Å². The van der Waals surface area contributed by atoms with Crippen molar-refractivity contribution in [2.24, 2.45) is 5.92 Å². The Kier molecular flexibility index (Phi) is 9.13. The van der Waals surface area contributed by atoms with Gasteiger partial charge in [0, 0.05) is 18.6 Å². The Morgan fingerprint density at radius 3 is 2.00 bits per heavy atom. The molecule has 0 saturated carbocycles. The largest absolute Gasteiger partial charge is 0.493 e. The lowest BCUT2D eigenvalue weighted by atomic mass is 9.69. The molecule has 2 aromatic carbocycles. The minimum atomic E-state index is -0.592. The van der Waals surface area contributed by atoms with Crippen molar-refractivity contribution in [3.63, 3.8) is 0 Å². The Morgan fingerprint density at radius 2 is 1.47 bits per heavy atom. The zero-order valence-corrected chi connectivity index (χ0v) is 23.2. The number of nitrogens with zero attached hydrogens (tertiary/aromatic N) is 2. The summed E-state index contributed by atoms with van der Waals surface area (Å²) in [6.07, 6.45) is 3.73. The van der Waals surface area contributed by atoms with Crippen molar-refractivity contribution < 1.29 is 18.9 Å². The van der Waals surface area contributed by atoms with Crippen LogP contribution in [0, 0.1) is 17.2 Å². The van der Waals surface area contributed by atoms with Gasteiger partial charge in [0.2, 0.25) is 0 Å². The maximum atomic E-state index is 10.4. The SMILES string of the molecule is COc1ccc([C@](C#N)(CCC[C@@H]2Cc3cc(OC)c(OC)cc3CN2C(C)C)C(C)C)cc1OC. The van der Waals surface area contributed by atoms with E-state index in [2.05, 4.69) is 50.8 Å². The Morgan fingerprint density at radius 1 is 0.889 bits per heavy atom. The predicted molar refractivity (Wildman–Crippen MR) is 143 cm³/mol. The van der Waals surface area contributed by atoms with Gasteiger partial charge in [-0.15, -0.1) is 0 Å². The molecule has 0 N–H and O–H groups in total. The van der Waals surface area contributed by atoms with E-state index in [1.807, 2.05) is 18.2 Å². The van der Waals surface area contributed by atoms with Crippen LogP contribution in [0.15, 0.2) is 30.3 Å². The van der Waals surface area contributed by atoms with Crippen molar-refractivity contribution in [3.8, 4) is 29.1 Å². The number of hydrogen-bond donors (Lipinski definition) is 0. The first-order valence-electron chi connectivity index (χ1n) is 12.9. The van der Waals surface area contributed by atoms with Crippen molar-refractivity contribution >= 4 is 0 Å². The molecule has 0 fully saturated rings. The molecule has 1 aliphatic heterocycles.